The number of rotatable bonds is 5. The van der Waals surface area contributed by atoms with Crippen LogP contribution in [0.5, 0.6) is 0 Å². The number of aryl methyl sites for hydroxylation is 1. The summed E-state index contributed by atoms with van der Waals surface area (Å²) in [6.45, 7) is 2.46. The van der Waals surface area contributed by atoms with Crippen molar-refractivity contribution in [2.45, 2.75) is 13.5 Å². The Hall–Kier alpha value is -1.73. The van der Waals surface area contributed by atoms with Crippen LogP contribution in [0.3, 0.4) is 0 Å². The summed E-state index contributed by atoms with van der Waals surface area (Å²) in [7, 11) is 0. The fourth-order valence-corrected chi connectivity index (χ4v) is 3.98. The molecular weight excluding hydrogens is 397 g/mol. The second-order valence-corrected chi connectivity index (χ2v) is 8.35. The first kappa shape index (κ1) is 18.1. The number of carbonyl (C=O) groups excluding carboxylic acids is 1. The average Bonchev–Trinajstić information content (AvgIpc) is 3.23. The van der Waals surface area contributed by atoms with Crippen LogP contribution in [0.4, 0.5) is 0 Å². The lowest BCUT2D eigenvalue weighted by molar-refractivity contribution is 0.0950. The molecule has 0 spiro atoms. The van der Waals surface area contributed by atoms with E-state index in [4.69, 9.17) is 23.2 Å². The lowest BCUT2D eigenvalue weighted by atomic mass is 10.1. The Labute approximate surface area is 163 Å². The molecule has 0 saturated carbocycles. The molecule has 25 heavy (non-hydrogen) atoms. The van der Waals surface area contributed by atoms with Crippen LogP contribution >= 0.6 is 45.9 Å². The molecule has 0 bridgehead atoms. The molecule has 0 unspecified atom stereocenters. The number of benzene rings is 1. The van der Waals surface area contributed by atoms with Gasteiger partial charge in [0.25, 0.3) is 5.91 Å². The van der Waals surface area contributed by atoms with E-state index in [2.05, 4.69) is 15.5 Å². The molecule has 3 aromatic rings. The van der Waals surface area contributed by atoms with E-state index in [0.717, 1.165) is 21.8 Å². The molecule has 0 saturated heterocycles. The maximum Gasteiger partial charge on any atom is 0.282 e. The zero-order chi connectivity index (χ0) is 17.8. The Kier molecular flexibility index (Phi) is 5.86. The predicted octanol–water partition coefficient (Wildman–Crippen LogP) is 5.23. The van der Waals surface area contributed by atoms with E-state index in [-0.39, 0.29) is 10.9 Å². The molecule has 0 aliphatic heterocycles. The van der Waals surface area contributed by atoms with Crippen molar-refractivity contribution in [2.75, 3.05) is 0 Å². The molecule has 8 heteroatoms. The highest BCUT2D eigenvalue weighted by molar-refractivity contribution is 7.17. The van der Waals surface area contributed by atoms with Gasteiger partial charge in [-0.1, -0.05) is 64.4 Å². The minimum atomic E-state index is -0.270. The van der Waals surface area contributed by atoms with E-state index in [1.807, 2.05) is 37.3 Å². The molecule has 4 nitrogen and oxygen atoms in total. The van der Waals surface area contributed by atoms with Crippen LogP contribution in [0.25, 0.3) is 11.1 Å². The van der Waals surface area contributed by atoms with E-state index in [9.17, 15) is 4.79 Å². The summed E-state index contributed by atoms with van der Waals surface area (Å²) in [6.07, 6.45) is 1.76. The van der Waals surface area contributed by atoms with Crippen molar-refractivity contribution < 1.29 is 4.79 Å². The van der Waals surface area contributed by atoms with Crippen molar-refractivity contribution >= 4 is 62.9 Å². The quantitative estimate of drug-likeness (QED) is 0.627. The Bertz CT molecular complexity index is 916. The number of hydrogen-bond acceptors (Lipinski definition) is 5. The lowest BCUT2D eigenvalue weighted by Gasteiger charge is -2.03. The normalized spacial score (nSPS) is 11.6. The van der Waals surface area contributed by atoms with Gasteiger partial charge in [-0.05, 0) is 30.7 Å². The molecule has 1 aromatic carbocycles. The van der Waals surface area contributed by atoms with Crippen LogP contribution in [-0.2, 0) is 6.54 Å². The standard InChI is InChI=1S/C17H13Cl2N3OS2/c1-10-2-4-11(5-3-10)9-20-15(23)17-22-21-16(25-17)13(18)8-12-6-7-14(19)24-12/h2-8H,9H2,1H3,(H,20,23). The zero-order valence-electron chi connectivity index (χ0n) is 13.1. The van der Waals surface area contributed by atoms with Gasteiger partial charge in [-0.15, -0.1) is 21.5 Å². The van der Waals surface area contributed by atoms with Crippen LogP contribution in [-0.4, -0.2) is 16.1 Å². The molecule has 0 aliphatic rings. The highest BCUT2D eigenvalue weighted by Gasteiger charge is 2.14. The number of hydrogen-bond donors (Lipinski definition) is 1. The first-order valence-electron chi connectivity index (χ1n) is 7.31. The van der Waals surface area contributed by atoms with Crippen LogP contribution in [0.1, 0.15) is 30.8 Å². The highest BCUT2D eigenvalue weighted by Crippen LogP contribution is 2.29. The maximum absolute atomic E-state index is 12.2. The van der Waals surface area contributed by atoms with Crippen molar-refractivity contribution in [3.63, 3.8) is 0 Å². The Morgan fingerprint density at radius 2 is 1.84 bits per heavy atom. The molecule has 3 rings (SSSR count). The van der Waals surface area contributed by atoms with Gasteiger partial charge in [0.05, 0.1) is 9.37 Å². The Morgan fingerprint density at radius 1 is 1.12 bits per heavy atom. The SMILES string of the molecule is Cc1ccc(CNC(=O)c2nnc(C(Cl)=Cc3ccc(Cl)s3)s2)cc1. The number of carbonyl (C=O) groups is 1. The molecule has 1 amide bonds. The van der Waals surface area contributed by atoms with Gasteiger partial charge < -0.3 is 5.32 Å². The number of nitrogens with one attached hydrogen (secondary N) is 1. The minimum absolute atomic E-state index is 0.270. The molecular formula is C17H13Cl2N3OS2. The summed E-state index contributed by atoms with van der Waals surface area (Å²) in [6, 6.07) is 11.6. The van der Waals surface area contributed by atoms with Crippen LogP contribution in [0, 0.1) is 6.92 Å². The van der Waals surface area contributed by atoms with Gasteiger partial charge in [-0.3, -0.25) is 4.79 Å². The van der Waals surface area contributed by atoms with Crippen molar-refractivity contribution in [1.82, 2.24) is 15.5 Å². The third-order valence-electron chi connectivity index (χ3n) is 3.26. The van der Waals surface area contributed by atoms with Crippen LogP contribution in [0.2, 0.25) is 4.34 Å². The molecule has 0 fully saturated rings. The summed E-state index contributed by atoms with van der Waals surface area (Å²) in [5.41, 5.74) is 2.20. The molecule has 128 valence electrons. The van der Waals surface area contributed by atoms with E-state index in [1.165, 1.54) is 16.9 Å². The van der Waals surface area contributed by atoms with Crippen molar-refractivity contribution in [1.29, 1.82) is 0 Å². The third kappa shape index (κ3) is 4.89. The van der Waals surface area contributed by atoms with Gasteiger partial charge in [-0.2, -0.15) is 0 Å². The Balaban J connectivity index is 1.64. The highest BCUT2D eigenvalue weighted by atomic mass is 35.5. The first-order valence-corrected chi connectivity index (χ1v) is 9.70. The number of thiophene rings is 1. The topological polar surface area (TPSA) is 54.9 Å². The first-order chi connectivity index (χ1) is 12.0. The van der Waals surface area contributed by atoms with Crippen molar-refractivity contribution in [3.05, 3.63) is 66.8 Å². The van der Waals surface area contributed by atoms with Crippen LogP contribution in [0.15, 0.2) is 36.4 Å². The summed E-state index contributed by atoms with van der Waals surface area (Å²) < 4.78 is 0.684. The Morgan fingerprint density at radius 3 is 2.52 bits per heavy atom. The number of nitrogens with zero attached hydrogens (tertiary/aromatic N) is 2. The van der Waals surface area contributed by atoms with E-state index < -0.39 is 0 Å². The number of amides is 1. The summed E-state index contributed by atoms with van der Waals surface area (Å²) >= 11 is 14.7. The van der Waals surface area contributed by atoms with Gasteiger partial charge in [0.2, 0.25) is 5.01 Å². The second-order valence-electron chi connectivity index (χ2n) is 5.21. The summed E-state index contributed by atoms with van der Waals surface area (Å²) in [5.74, 6) is -0.270. The monoisotopic (exact) mass is 409 g/mol. The molecule has 0 atom stereocenters. The number of halogens is 2. The lowest BCUT2D eigenvalue weighted by Crippen LogP contribution is -2.22. The molecule has 1 N–H and O–H groups in total. The van der Waals surface area contributed by atoms with Gasteiger partial charge in [0.1, 0.15) is 0 Å². The van der Waals surface area contributed by atoms with Gasteiger partial charge >= 0.3 is 0 Å². The molecule has 2 aromatic heterocycles. The molecule has 0 aliphatic carbocycles. The van der Waals surface area contributed by atoms with Crippen molar-refractivity contribution in [2.24, 2.45) is 0 Å². The predicted molar refractivity (Wildman–Crippen MR) is 105 cm³/mol. The fourth-order valence-electron chi connectivity index (χ4n) is 1.97. The second kappa shape index (κ2) is 8.10. The zero-order valence-corrected chi connectivity index (χ0v) is 16.3. The smallest absolute Gasteiger partial charge is 0.282 e. The molecule has 0 radical (unpaired) electrons. The molecule has 2 heterocycles. The van der Waals surface area contributed by atoms with Gasteiger partial charge in [-0.25, -0.2) is 0 Å². The summed E-state index contributed by atoms with van der Waals surface area (Å²) in [4.78, 5) is 13.1. The van der Waals surface area contributed by atoms with Gasteiger partial charge in [0, 0.05) is 11.4 Å². The van der Waals surface area contributed by atoms with E-state index in [0.29, 0.717) is 20.9 Å². The van der Waals surface area contributed by atoms with Crippen LogP contribution < -0.4 is 5.32 Å². The number of aromatic nitrogens is 2. The largest absolute Gasteiger partial charge is 0.346 e. The average molecular weight is 410 g/mol. The van der Waals surface area contributed by atoms with E-state index in [1.54, 1.807) is 12.1 Å². The minimum Gasteiger partial charge on any atom is -0.346 e. The van der Waals surface area contributed by atoms with E-state index >= 15 is 0 Å². The fraction of sp³-hybridized carbons (Fsp3) is 0.118. The van der Waals surface area contributed by atoms with Crippen molar-refractivity contribution in [3.8, 4) is 0 Å². The third-order valence-corrected chi connectivity index (χ3v) is 5.79. The van der Waals surface area contributed by atoms with Gasteiger partial charge in [0.15, 0.2) is 5.01 Å². The maximum atomic E-state index is 12.2. The summed E-state index contributed by atoms with van der Waals surface area (Å²) in [5, 5.41) is 11.9.